The Kier molecular flexibility index (Phi) is 5.43. The van der Waals surface area contributed by atoms with Crippen molar-refractivity contribution < 1.29 is 19.5 Å². The van der Waals surface area contributed by atoms with Crippen LogP contribution in [-0.2, 0) is 4.79 Å². The molecule has 1 aliphatic carbocycles. The van der Waals surface area contributed by atoms with Crippen molar-refractivity contribution in [1.82, 2.24) is 10.2 Å². The largest absolute Gasteiger partial charge is 0.480 e. The standard InChI is InChI=1S/C17H23N3O4/c1-10(2)18-17(24)19-13-6-4-5-12(9-13)15(21)20(14-7-8-14)11(3)16(22)23/h4-6,9-11,14H,7-8H2,1-3H3,(H,22,23)(H2,18,19,24). The first-order chi connectivity index (χ1) is 11.3. The predicted molar refractivity (Wildman–Crippen MR) is 90.0 cm³/mol. The van der Waals surface area contributed by atoms with Crippen LogP contribution in [0.4, 0.5) is 10.5 Å². The van der Waals surface area contributed by atoms with Gasteiger partial charge < -0.3 is 20.6 Å². The first kappa shape index (κ1) is 17.8. The van der Waals surface area contributed by atoms with Crippen LogP contribution in [0.2, 0.25) is 0 Å². The number of carbonyl (C=O) groups excluding carboxylic acids is 2. The molecule has 0 heterocycles. The average Bonchev–Trinajstić information content (AvgIpc) is 3.31. The summed E-state index contributed by atoms with van der Waals surface area (Å²) >= 11 is 0. The van der Waals surface area contributed by atoms with Crippen molar-refractivity contribution in [1.29, 1.82) is 0 Å². The van der Waals surface area contributed by atoms with Gasteiger partial charge in [0.05, 0.1) is 0 Å². The molecule has 3 N–H and O–H groups in total. The number of carboxylic acid groups (broad SMARTS) is 1. The molecule has 7 nitrogen and oxygen atoms in total. The molecule has 1 aromatic rings. The third-order valence-corrected chi connectivity index (χ3v) is 3.74. The Balaban J connectivity index is 2.15. The highest BCUT2D eigenvalue weighted by molar-refractivity contribution is 5.99. The number of carbonyl (C=O) groups is 3. The summed E-state index contributed by atoms with van der Waals surface area (Å²) in [6, 6.07) is 5.26. The van der Waals surface area contributed by atoms with Crippen molar-refractivity contribution in [2.45, 2.75) is 51.7 Å². The van der Waals surface area contributed by atoms with Gasteiger partial charge in [0.25, 0.3) is 5.91 Å². The van der Waals surface area contributed by atoms with E-state index in [-0.39, 0.29) is 24.0 Å². The molecular weight excluding hydrogens is 310 g/mol. The highest BCUT2D eigenvalue weighted by Gasteiger charge is 2.38. The maximum atomic E-state index is 12.7. The Labute approximate surface area is 141 Å². The molecule has 1 unspecified atom stereocenters. The second-order valence-electron chi connectivity index (χ2n) is 6.29. The Morgan fingerprint density at radius 1 is 1.21 bits per heavy atom. The second kappa shape index (κ2) is 7.33. The van der Waals surface area contributed by atoms with E-state index >= 15 is 0 Å². The fourth-order valence-electron chi connectivity index (χ4n) is 2.44. The van der Waals surface area contributed by atoms with E-state index in [0.717, 1.165) is 12.8 Å². The third-order valence-electron chi connectivity index (χ3n) is 3.74. The molecule has 0 aromatic heterocycles. The lowest BCUT2D eigenvalue weighted by Gasteiger charge is -2.26. The number of benzene rings is 1. The van der Waals surface area contributed by atoms with Crippen molar-refractivity contribution in [3.05, 3.63) is 29.8 Å². The van der Waals surface area contributed by atoms with E-state index in [9.17, 15) is 19.5 Å². The lowest BCUT2D eigenvalue weighted by atomic mass is 10.1. The molecule has 0 radical (unpaired) electrons. The fourth-order valence-corrected chi connectivity index (χ4v) is 2.44. The summed E-state index contributed by atoms with van der Waals surface area (Å²) in [5.74, 6) is -1.36. The fraction of sp³-hybridized carbons (Fsp3) is 0.471. The van der Waals surface area contributed by atoms with Gasteiger partial charge in [-0.1, -0.05) is 6.07 Å². The molecule has 7 heteroatoms. The van der Waals surface area contributed by atoms with Crippen LogP contribution in [0.15, 0.2) is 24.3 Å². The zero-order valence-corrected chi connectivity index (χ0v) is 14.1. The molecule has 1 aromatic carbocycles. The van der Waals surface area contributed by atoms with E-state index < -0.39 is 12.0 Å². The highest BCUT2D eigenvalue weighted by atomic mass is 16.4. The van der Waals surface area contributed by atoms with E-state index in [1.807, 2.05) is 13.8 Å². The van der Waals surface area contributed by atoms with Crippen LogP contribution < -0.4 is 10.6 Å². The number of amides is 3. The van der Waals surface area contributed by atoms with Gasteiger partial charge in [-0.3, -0.25) is 4.79 Å². The minimum absolute atomic E-state index is 0.00316. The minimum atomic E-state index is -1.03. The highest BCUT2D eigenvalue weighted by Crippen LogP contribution is 2.30. The lowest BCUT2D eigenvalue weighted by Crippen LogP contribution is -2.44. The van der Waals surface area contributed by atoms with Crippen LogP contribution in [0.3, 0.4) is 0 Å². The molecule has 24 heavy (non-hydrogen) atoms. The van der Waals surface area contributed by atoms with Gasteiger partial charge in [0, 0.05) is 23.3 Å². The number of anilines is 1. The molecule has 1 atom stereocenters. The minimum Gasteiger partial charge on any atom is -0.480 e. The topological polar surface area (TPSA) is 98.7 Å². The number of hydrogen-bond donors (Lipinski definition) is 3. The number of carboxylic acids is 1. The van der Waals surface area contributed by atoms with E-state index in [1.165, 1.54) is 11.8 Å². The zero-order valence-electron chi connectivity index (χ0n) is 14.1. The van der Waals surface area contributed by atoms with Crippen molar-refractivity contribution in [2.75, 3.05) is 5.32 Å². The molecule has 3 amide bonds. The van der Waals surface area contributed by atoms with Gasteiger partial charge in [0.15, 0.2) is 0 Å². The molecule has 0 saturated heterocycles. The summed E-state index contributed by atoms with van der Waals surface area (Å²) < 4.78 is 0. The number of aliphatic carboxylic acids is 1. The Hall–Kier alpha value is -2.57. The molecule has 1 fully saturated rings. The molecule has 0 spiro atoms. The van der Waals surface area contributed by atoms with Crippen LogP contribution in [0.1, 0.15) is 44.0 Å². The van der Waals surface area contributed by atoms with E-state index in [2.05, 4.69) is 10.6 Å². The number of hydrogen-bond acceptors (Lipinski definition) is 3. The lowest BCUT2D eigenvalue weighted by molar-refractivity contribution is -0.141. The van der Waals surface area contributed by atoms with Gasteiger partial charge in [-0.05, 0) is 51.8 Å². The Bertz CT molecular complexity index is 640. The van der Waals surface area contributed by atoms with E-state index in [1.54, 1.807) is 24.3 Å². The van der Waals surface area contributed by atoms with Crippen molar-refractivity contribution in [3.63, 3.8) is 0 Å². The summed E-state index contributed by atoms with van der Waals surface area (Å²) in [6.07, 6.45) is 1.64. The SMILES string of the molecule is CC(C)NC(=O)Nc1cccc(C(=O)N(C2CC2)C(C)C(=O)O)c1. The monoisotopic (exact) mass is 333 g/mol. The summed E-state index contributed by atoms with van der Waals surface area (Å²) in [5, 5.41) is 14.6. The van der Waals surface area contributed by atoms with E-state index in [0.29, 0.717) is 11.3 Å². The smallest absolute Gasteiger partial charge is 0.326 e. The first-order valence-corrected chi connectivity index (χ1v) is 8.02. The van der Waals surface area contributed by atoms with Gasteiger partial charge in [0.2, 0.25) is 0 Å². The molecule has 0 aliphatic heterocycles. The van der Waals surface area contributed by atoms with E-state index in [4.69, 9.17) is 0 Å². The van der Waals surface area contributed by atoms with Crippen molar-refractivity contribution in [3.8, 4) is 0 Å². The summed E-state index contributed by atoms with van der Waals surface area (Å²) in [7, 11) is 0. The number of nitrogens with zero attached hydrogens (tertiary/aromatic N) is 1. The van der Waals surface area contributed by atoms with Crippen molar-refractivity contribution >= 4 is 23.6 Å². The Morgan fingerprint density at radius 2 is 1.88 bits per heavy atom. The van der Waals surface area contributed by atoms with Crippen LogP contribution in [-0.4, -0.2) is 46.0 Å². The van der Waals surface area contributed by atoms with Crippen LogP contribution in [0, 0.1) is 0 Å². The van der Waals surface area contributed by atoms with Crippen LogP contribution >= 0.6 is 0 Å². The van der Waals surface area contributed by atoms with Crippen LogP contribution in [0.25, 0.3) is 0 Å². The van der Waals surface area contributed by atoms with Gasteiger partial charge >= 0.3 is 12.0 Å². The normalized spacial score (nSPS) is 14.8. The van der Waals surface area contributed by atoms with Crippen molar-refractivity contribution in [2.24, 2.45) is 0 Å². The Morgan fingerprint density at radius 3 is 2.42 bits per heavy atom. The third kappa shape index (κ3) is 4.47. The first-order valence-electron chi connectivity index (χ1n) is 8.02. The number of nitrogens with one attached hydrogen (secondary N) is 2. The summed E-state index contributed by atoms with van der Waals surface area (Å²) in [4.78, 5) is 37.2. The molecule has 2 rings (SSSR count). The summed E-state index contributed by atoms with van der Waals surface area (Å²) in [5.41, 5.74) is 0.843. The maximum absolute atomic E-state index is 12.7. The van der Waals surface area contributed by atoms with Gasteiger partial charge in [-0.2, -0.15) is 0 Å². The average molecular weight is 333 g/mol. The maximum Gasteiger partial charge on any atom is 0.326 e. The quantitative estimate of drug-likeness (QED) is 0.744. The predicted octanol–water partition coefficient (Wildman–Crippen LogP) is 2.29. The molecule has 1 saturated carbocycles. The number of urea groups is 1. The van der Waals surface area contributed by atoms with Crippen LogP contribution in [0.5, 0.6) is 0 Å². The molecule has 1 aliphatic rings. The van der Waals surface area contributed by atoms with Gasteiger partial charge in [-0.25, -0.2) is 9.59 Å². The zero-order chi connectivity index (χ0) is 17.9. The number of rotatable bonds is 6. The second-order valence-corrected chi connectivity index (χ2v) is 6.29. The molecule has 130 valence electrons. The molecule has 0 bridgehead atoms. The van der Waals surface area contributed by atoms with Gasteiger partial charge in [-0.15, -0.1) is 0 Å². The van der Waals surface area contributed by atoms with Gasteiger partial charge in [0.1, 0.15) is 6.04 Å². The molecular formula is C17H23N3O4. The summed E-state index contributed by atoms with van der Waals surface area (Å²) in [6.45, 7) is 5.21.